The van der Waals surface area contributed by atoms with Crippen molar-refractivity contribution < 1.29 is 18.3 Å². The third kappa shape index (κ3) is 3.63. The molecule has 9 heteroatoms. The summed E-state index contributed by atoms with van der Waals surface area (Å²) >= 11 is 3.35. The van der Waals surface area contributed by atoms with Crippen molar-refractivity contribution in [1.82, 2.24) is 9.78 Å². The number of rotatable bonds is 4. The molecule has 0 fully saturated rings. The SMILES string of the molecule is NS(=O)(=O)c1ccc(-n2nc(C(=O)O)cc2-c2ccc(Br)cc2)cc1. The molecular formula is C16H12BrN3O4S. The van der Waals surface area contributed by atoms with Gasteiger partial charge in [0.05, 0.1) is 16.3 Å². The molecule has 3 aromatic rings. The molecule has 0 saturated heterocycles. The molecule has 0 amide bonds. The Morgan fingerprint density at radius 2 is 1.68 bits per heavy atom. The smallest absolute Gasteiger partial charge is 0.356 e. The molecular weight excluding hydrogens is 410 g/mol. The number of nitrogens with zero attached hydrogens (tertiary/aromatic N) is 2. The first kappa shape index (κ1) is 17.3. The summed E-state index contributed by atoms with van der Waals surface area (Å²) in [5.41, 5.74) is 1.72. The zero-order chi connectivity index (χ0) is 18.2. The summed E-state index contributed by atoms with van der Waals surface area (Å²) in [4.78, 5) is 11.3. The van der Waals surface area contributed by atoms with Crippen LogP contribution in [0.1, 0.15) is 10.5 Å². The zero-order valence-corrected chi connectivity index (χ0v) is 15.0. The predicted molar refractivity (Wildman–Crippen MR) is 95.0 cm³/mol. The Hall–Kier alpha value is -2.49. The van der Waals surface area contributed by atoms with Gasteiger partial charge in [0.2, 0.25) is 10.0 Å². The van der Waals surface area contributed by atoms with Crippen molar-refractivity contribution in [2.24, 2.45) is 5.14 Å². The molecule has 0 aliphatic rings. The fraction of sp³-hybridized carbons (Fsp3) is 0. The van der Waals surface area contributed by atoms with Crippen LogP contribution in [0.2, 0.25) is 0 Å². The van der Waals surface area contributed by atoms with E-state index in [0.717, 1.165) is 10.0 Å². The Bertz CT molecular complexity index is 1040. The molecule has 0 radical (unpaired) electrons. The molecule has 0 aliphatic carbocycles. The van der Waals surface area contributed by atoms with Crippen LogP contribution in [-0.2, 0) is 10.0 Å². The molecule has 0 spiro atoms. The summed E-state index contributed by atoms with van der Waals surface area (Å²) in [5.74, 6) is -1.15. The topological polar surface area (TPSA) is 115 Å². The van der Waals surface area contributed by atoms with Crippen LogP contribution in [0.25, 0.3) is 16.9 Å². The van der Waals surface area contributed by atoms with Gasteiger partial charge < -0.3 is 5.11 Å². The molecule has 3 rings (SSSR count). The number of primary sulfonamides is 1. The van der Waals surface area contributed by atoms with E-state index in [1.807, 2.05) is 24.3 Å². The lowest BCUT2D eigenvalue weighted by Gasteiger charge is -2.08. The average molecular weight is 422 g/mol. The minimum Gasteiger partial charge on any atom is -0.476 e. The number of carboxylic acids is 1. The second kappa shape index (κ2) is 6.43. The van der Waals surface area contributed by atoms with Crippen molar-refractivity contribution in [2.45, 2.75) is 4.90 Å². The van der Waals surface area contributed by atoms with E-state index >= 15 is 0 Å². The summed E-state index contributed by atoms with van der Waals surface area (Å²) in [5, 5.41) is 18.4. The van der Waals surface area contributed by atoms with Crippen molar-refractivity contribution >= 4 is 31.9 Å². The molecule has 1 heterocycles. The number of hydrogen-bond acceptors (Lipinski definition) is 4. The standard InChI is InChI=1S/C16H12BrN3O4S/c17-11-3-1-10(2-4-11)15-9-14(16(21)22)19-20(15)12-5-7-13(8-6-12)25(18,23)24/h1-9H,(H,21,22)(H2,18,23,24). The quantitative estimate of drug-likeness (QED) is 0.671. The second-order valence-electron chi connectivity index (χ2n) is 5.18. The van der Waals surface area contributed by atoms with Gasteiger partial charge in [0.1, 0.15) is 0 Å². The van der Waals surface area contributed by atoms with E-state index in [9.17, 15) is 18.3 Å². The number of carboxylic acid groups (broad SMARTS) is 1. The van der Waals surface area contributed by atoms with Gasteiger partial charge in [-0.2, -0.15) is 5.10 Å². The van der Waals surface area contributed by atoms with Gasteiger partial charge in [-0.25, -0.2) is 23.0 Å². The van der Waals surface area contributed by atoms with Crippen molar-refractivity contribution in [2.75, 3.05) is 0 Å². The summed E-state index contributed by atoms with van der Waals surface area (Å²) in [7, 11) is -3.81. The number of nitrogens with two attached hydrogens (primary N) is 1. The van der Waals surface area contributed by atoms with Gasteiger partial charge in [0, 0.05) is 10.0 Å². The lowest BCUT2D eigenvalue weighted by molar-refractivity contribution is 0.0690. The fourth-order valence-corrected chi connectivity index (χ4v) is 3.07. The molecule has 0 atom stereocenters. The average Bonchev–Trinajstić information content (AvgIpc) is 3.00. The Morgan fingerprint density at radius 1 is 1.08 bits per heavy atom. The molecule has 2 aromatic carbocycles. The highest BCUT2D eigenvalue weighted by atomic mass is 79.9. The lowest BCUT2D eigenvalue weighted by atomic mass is 10.1. The highest BCUT2D eigenvalue weighted by molar-refractivity contribution is 9.10. The summed E-state index contributed by atoms with van der Waals surface area (Å²) in [6, 6.07) is 14.5. The largest absolute Gasteiger partial charge is 0.476 e. The summed E-state index contributed by atoms with van der Waals surface area (Å²) in [6.45, 7) is 0. The van der Waals surface area contributed by atoms with Gasteiger partial charge >= 0.3 is 5.97 Å². The van der Waals surface area contributed by atoms with Gasteiger partial charge in [0.15, 0.2) is 5.69 Å². The number of benzene rings is 2. The van der Waals surface area contributed by atoms with E-state index in [-0.39, 0.29) is 10.6 Å². The molecule has 7 nitrogen and oxygen atoms in total. The summed E-state index contributed by atoms with van der Waals surface area (Å²) in [6.07, 6.45) is 0. The van der Waals surface area contributed by atoms with E-state index in [0.29, 0.717) is 11.4 Å². The molecule has 128 valence electrons. The van der Waals surface area contributed by atoms with Crippen LogP contribution in [0.4, 0.5) is 0 Å². The molecule has 0 bridgehead atoms. The molecule has 0 saturated carbocycles. The number of aromatic carboxylic acids is 1. The van der Waals surface area contributed by atoms with Crippen molar-refractivity contribution in [3.8, 4) is 16.9 Å². The van der Waals surface area contributed by atoms with Crippen LogP contribution < -0.4 is 5.14 Å². The monoisotopic (exact) mass is 421 g/mol. The van der Waals surface area contributed by atoms with Crippen LogP contribution in [0, 0.1) is 0 Å². The van der Waals surface area contributed by atoms with Gasteiger partial charge in [-0.3, -0.25) is 0 Å². The number of halogens is 1. The molecule has 3 N–H and O–H groups in total. The van der Waals surface area contributed by atoms with Gasteiger partial charge in [-0.1, -0.05) is 28.1 Å². The maximum atomic E-state index is 11.4. The summed E-state index contributed by atoms with van der Waals surface area (Å²) < 4.78 is 25.1. The minimum atomic E-state index is -3.81. The van der Waals surface area contributed by atoms with Crippen LogP contribution in [0.3, 0.4) is 0 Å². The van der Waals surface area contributed by atoms with E-state index in [1.54, 1.807) is 0 Å². The Morgan fingerprint density at radius 3 is 2.20 bits per heavy atom. The first-order chi connectivity index (χ1) is 11.8. The highest BCUT2D eigenvalue weighted by Gasteiger charge is 2.16. The maximum Gasteiger partial charge on any atom is 0.356 e. The lowest BCUT2D eigenvalue weighted by Crippen LogP contribution is -2.12. The van der Waals surface area contributed by atoms with Gasteiger partial charge in [-0.15, -0.1) is 0 Å². The third-order valence-electron chi connectivity index (χ3n) is 3.48. The third-order valence-corrected chi connectivity index (χ3v) is 4.94. The Kier molecular flexibility index (Phi) is 4.46. The van der Waals surface area contributed by atoms with E-state index in [2.05, 4.69) is 21.0 Å². The molecule has 25 heavy (non-hydrogen) atoms. The predicted octanol–water partition coefficient (Wildman–Crippen LogP) is 2.65. The maximum absolute atomic E-state index is 11.4. The van der Waals surface area contributed by atoms with Crippen LogP contribution in [0.15, 0.2) is 64.0 Å². The van der Waals surface area contributed by atoms with E-state index in [1.165, 1.54) is 35.0 Å². The van der Waals surface area contributed by atoms with Gasteiger partial charge in [-0.05, 0) is 42.5 Å². The zero-order valence-electron chi connectivity index (χ0n) is 12.6. The van der Waals surface area contributed by atoms with Crippen molar-refractivity contribution in [3.63, 3.8) is 0 Å². The van der Waals surface area contributed by atoms with E-state index in [4.69, 9.17) is 5.14 Å². The fourth-order valence-electron chi connectivity index (χ4n) is 2.29. The van der Waals surface area contributed by atoms with Crippen LogP contribution in [0.5, 0.6) is 0 Å². The number of aromatic nitrogens is 2. The molecule has 1 aromatic heterocycles. The highest BCUT2D eigenvalue weighted by Crippen LogP contribution is 2.26. The van der Waals surface area contributed by atoms with Crippen LogP contribution in [-0.4, -0.2) is 29.3 Å². The number of sulfonamides is 1. The molecule has 0 aliphatic heterocycles. The van der Waals surface area contributed by atoms with E-state index < -0.39 is 16.0 Å². The number of carbonyl (C=O) groups is 1. The van der Waals surface area contributed by atoms with Crippen molar-refractivity contribution in [3.05, 3.63) is 64.8 Å². The molecule has 0 unspecified atom stereocenters. The normalized spacial score (nSPS) is 11.4. The number of hydrogen-bond donors (Lipinski definition) is 2. The first-order valence-corrected chi connectivity index (χ1v) is 9.32. The second-order valence-corrected chi connectivity index (χ2v) is 7.65. The van der Waals surface area contributed by atoms with Crippen LogP contribution >= 0.6 is 15.9 Å². The van der Waals surface area contributed by atoms with Gasteiger partial charge in [0.25, 0.3) is 0 Å². The van der Waals surface area contributed by atoms with Crippen molar-refractivity contribution in [1.29, 1.82) is 0 Å². The first-order valence-electron chi connectivity index (χ1n) is 6.98. The Balaban J connectivity index is 2.14. The minimum absolute atomic E-state index is 0.0351. The Labute approximate surface area is 151 Å².